The fourth-order valence-electron chi connectivity index (χ4n) is 3.75. The first-order chi connectivity index (χ1) is 11.9. The van der Waals surface area contributed by atoms with E-state index in [1.807, 2.05) is 30.3 Å². The molecule has 0 bridgehead atoms. The number of sulfone groups is 1. The highest BCUT2D eigenvalue weighted by Gasteiger charge is 2.48. The van der Waals surface area contributed by atoms with E-state index in [9.17, 15) is 13.2 Å². The van der Waals surface area contributed by atoms with Gasteiger partial charge in [0.25, 0.3) is 0 Å². The Bertz CT molecular complexity index is 705. The average molecular weight is 366 g/mol. The zero-order valence-electron chi connectivity index (χ0n) is 14.8. The number of fused-ring (bicyclic) bond motifs is 1. The van der Waals surface area contributed by atoms with Gasteiger partial charge in [-0.2, -0.15) is 0 Å². The van der Waals surface area contributed by atoms with Crippen molar-refractivity contribution in [1.82, 2.24) is 9.80 Å². The van der Waals surface area contributed by atoms with Gasteiger partial charge in [-0.1, -0.05) is 44.2 Å². The molecule has 0 spiro atoms. The third-order valence-electron chi connectivity index (χ3n) is 4.83. The van der Waals surface area contributed by atoms with Crippen LogP contribution in [0.15, 0.2) is 30.3 Å². The molecule has 7 heteroatoms. The largest absolute Gasteiger partial charge is 0.445 e. The molecule has 1 aromatic carbocycles. The highest BCUT2D eigenvalue weighted by Crippen LogP contribution is 2.28. The number of ether oxygens (including phenoxy) is 1. The highest BCUT2D eigenvalue weighted by molar-refractivity contribution is 7.91. The van der Waals surface area contributed by atoms with Crippen LogP contribution in [0.25, 0.3) is 0 Å². The Hall–Kier alpha value is -1.60. The zero-order chi connectivity index (χ0) is 18.0. The number of rotatable bonds is 4. The second kappa shape index (κ2) is 7.33. The highest BCUT2D eigenvalue weighted by atomic mass is 32.2. The van der Waals surface area contributed by atoms with Crippen LogP contribution in [0, 0.1) is 5.92 Å². The minimum absolute atomic E-state index is 0.0344. The van der Waals surface area contributed by atoms with Crippen molar-refractivity contribution in [2.24, 2.45) is 5.92 Å². The third kappa shape index (κ3) is 4.33. The molecule has 0 aliphatic carbocycles. The van der Waals surface area contributed by atoms with E-state index in [0.717, 1.165) is 12.1 Å². The number of carbonyl (C=O) groups is 1. The summed E-state index contributed by atoms with van der Waals surface area (Å²) in [6, 6.07) is 9.08. The van der Waals surface area contributed by atoms with Crippen LogP contribution < -0.4 is 0 Å². The van der Waals surface area contributed by atoms with Crippen molar-refractivity contribution in [2.45, 2.75) is 32.5 Å². The van der Waals surface area contributed by atoms with Gasteiger partial charge in [0.15, 0.2) is 9.84 Å². The molecule has 138 valence electrons. The van der Waals surface area contributed by atoms with Crippen molar-refractivity contribution in [3.8, 4) is 0 Å². The van der Waals surface area contributed by atoms with Crippen LogP contribution in [0.3, 0.4) is 0 Å². The lowest BCUT2D eigenvalue weighted by molar-refractivity contribution is 0.0232. The van der Waals surface area contributed by atoms with Gasteiger partial charge in [0, 0.05) is 25.7 Å². The fraction of sp³-hybridized carbons (Fsp3) is 0.611. The second-order valence-corrected chi connectivity index (χ2v) is 9.49. The van der Waals surface area contributed by atoms with Crippen LogP contribution in [0.2, 0.25) is 0 Å². The smallest absolute Gasteiger partial charge is 0.410 e. The summed E-state index contributed by atoms with van der Waals surface area (Å²) in [4.78, 5) is 16.4. The van der Waals surface area contributed by atoms with Gasteiger partial charge in [-0.05, 0) is 11.5 Å². The number of hydrogen-bond donors (Lipinski definition) is 0. The summed E-state index contributed by atoms with van der Waals surface area (Å²) in [6.07, 6.45) is -0.417. The molecule has 2 fully saturated rings. The van der Waals surface area contributed by atoms with E-state index in [1.165, 1.54) is 0 Å². The summed E-state index contributed by atoms with van der Waals surface area (Å²) in [6.45, 7) is 6.50. The predicted molar refractivity (Wildman–Crippen MR) is 96.0 cm³/mol. The Morgan fingerprint density at radius 2 is 1.84 bits per heavy atom. The van der Waals surface area contributed by atoms with Gasteiger partial charge in [-0.3, -0.25) is 4.90 Å². The first-order valence-corrected chi connectivity index (χ1v) is 10.6. The Labute approximate surface area is 149 Å². The summed E-state index contributed by atoms with van der Waals surface area (Å²) >= 11 is 0. The first-order valence-electron chi connectivity index (χ1n) is 8.77. The van der Waals surface area contributed by atoms with E-state index in [1.54, 1.807) is 4.90 Å². The van der Waals surface area contributed by atoms with Gasteiger partial charge >= 0.3 is 6.09 Å². The monoisotopic (exact) mass is 366 g/mol. The maximum atomic E-state index is 12.5. The summed E-state index contributed by atoms with van der Waals surface area (Å²) in [7, 11) is -3.12. The molecule has 0 aromatic heterocycles. The quantitative estimate of drug-likeness (QED) is 0.812. The van der Waals surface area contributed by atoms with Crippen molar-refractivity contribution < 1.29 is 17.9 Å². The molecule has 2 aliphatic heterocycles. The third-order valence-corrected chi connectivity index (χ3v) is 6.53. The second-order valence-electron chi connectivity index (χ2n) is 7.33. The summed E-state index contributed by atoms with van der Waals surface area (Å²) < 4.78 is 29.8. The number of hydrogen-bond acceptors (Lipinski definition) is 5. The Morgan fingerprint density at radius 3 is 2.52 bits per heavy atom. The summed E-state index contributed by atoms with van der Waals surface area (Å²) in [5.74, 6) is 0.625. The van der Waals surface area contributed by atoms with Crippen LogP contribution in [0.1, 0.15) is 19.4 Å². The van der Waals surface area contributed by atoms with E-state index >= 15 is 0 Å². The molecule has 25 heavy (non-hydrogen) atoms. The molecule has 0 unspecified atom stereocenters. The van der Waals surface area contributed by atoms with E-state index in [2.05, 4.69) is 18.7 Å². The number of amides is 1. The SMILES string of the molecule is CC(C)CN1CCN(C(=O)OCc2ccccc2)[C@@H]2CS(=O)(=O)C[C@@H]21. The molecule has 2 aliphatic rings. The normalized spacial score (nSPS) is 25.8. The molecular weight excluding hydrogens is 340 g/mol. The van der Waals surface area contributed by atoms with Crippen molar-refractivity contribution in [2.75, 3.05) is 31.1 Å². The van der Waals surface area contributed by atoms with Crippen molar-refractivity contribution >= 4 is 15.9 Å². The minimum Gasteiger partial charge on any atom is -0.445 e. The number of benzene rings is 1. The molecular formula is C18H26N2O4S. The van der Waals surface area contributed by atoms with Gasteiger partial charge in [-0.25, -0.2) is 13.2 Å². The van der Waals surface area contributed by atoms with Crippen LogP contribution in [-0.2, 0) is 21.2 Å². The average Bonchev–Trinajstić information content (AvgIpc) is 2.89. The van der Waals surface area contributed by atoms with Crippen molar-refractivity contribution in [3.63, 3.8) is 0 Å². The van der Waals surface area contributed by atoms with Crippen LogP contribution in [0.5, 0.6) is 0 Å². The molecule has 2 heterocycles. The topological polar surface area (TPSA) is 66.9 Å². The van der Waals surface area contributed by atoms with Gasteiger partial charge in [0.1, 0.15) is 6.61 Å². The Balaban J connectivity index is 1.68. The molecule has 2 atom stereocenters. The molecule has 0 N–H and O–H groups in total. The molecule has 6 nitrogen and oxygen atoms in total. The van der Waals surface area contributed by atoms with E-state index in [0.29, 0.717) is 19.0 Å². The zero-order valence-corrected chi connectivity index (χ0v) is 15.6. The predicted octanol–water partition coefficient (Wildman–Crippen LogP) is 1.76. The molecule has 2 saturated heterocycles. The van der Waals surface area contributed by atoms with Crippen LogP contribution >= 0.6 is 0 Å². The lowest BCUT2D eigenvalue weighted by Crippen LogP contribution is -2.61. The Morgan fingerprint density at radius 1 is 1.16 bits per heavy atom. The summed E-state index contributed by atoms with van der Waals surface area (Å²) in [5.41, 5.74) is 0.921. The molecule has 0 saturated carbocycles. The maximum Gasteiger partial charge on any atom is 0.410 e. The van der Waals surface area contributed by atoms with Gasteiger partial charge < -0.3 is 9.64 Å². The number of nitrogens with zero attached hydrogens (tertiary/aromatic N) is 2. The maximum absolute atomic E-state index is 12.5. The first kappa shape index (κ1) is 18.2. The number of piperazine rings is 1. The Kier molecular flexibility index (Phi) is 5.34. The van der Waals surface area contributed by atoms with Gasteiger partial charge in [0.05, 0.1) is 17.5 Å². The van der Waals surface area contributed by atoms with E-state index in [4.69, 9.17) is 4.74 Å². The van der Waals surface area contributed by atoms with E-state index in [-0.39, 0.29) is 30.2 Å². The molecule has 1 amide bonds. The van der Waals surface area contributed by atoms with Crippen molar-refractivity contribution in [3.05, 3.63) is 35.9 Å². The van der Waals surface area contributed by atoms with Crippen molar-refractivity contribution in [1.29, 1.82) is 0 Å². The molecule has 1 aromatic rings. The lowest BCUT2D eigenvalue weighted by atomic mass is 10.0. The fourth-order valence-corrected chi connectivity index (χ4v) is 5.76. The minimum atomic E-state index is -3.12. The molecule has 3 rings (SSSR count). The standard InChI is InChI=1S/C18H26N2O4S/c1-14(2)10-19-8-9-20(17-13-25(22,23)12-16(17)19)18(21)24-11-15-6-4-3-5-7-15/h3-7,14,16-17H,8-13H2,1-2H3/t16-,17+/m0/s1. The molecule has 0 radical (unpaired) electrons. The van der Waals surface area contributed by atoms with E-state index < -0.39 is 15.9 Å². The van der Waals surface area contributed by atoms with Gasteiger partial charge in [-0.15, -0.1) is 0 Å². The summed E-state index contributed by atoms with van der Waals surface area (Å²) in [5, 5.41) is 0. The number of carbonyl (C=O) groups excluding carboxylic acids is 1. The lowest BCUT2D eigenvalue weighted by Gasteiger charge is -2.43. The van der Waals surface area contributed by atoms with Crippen LogP contribution in [0.4, 0.5) is 4.79 Å². The van der Waals surface area contributed by atoms with Gasteiger partial charge in [0.2, 0.25) is 0 Å². The van der Waals surface area contributed by atoms with Crippen LogP contribution in [-0.4, -0.2) is 67.5 Å².